The van der Waals surface area contributed by atoms with Crippen LogP contribution in [0.4, 0.5) is 5.82 Å². The standard InChI is InChI=1S/C20H18N4O5/c1-9-2-3-10-5-13(28-12(10)4-9)11-6-24(19-15(11)18(21)22-8-23-19)20-17(27)16(26)14(7-25)29-20/h2-3,5-6,8-9,25-27H,4,7H2,1H3,(H2,21,22,23). The van der Waals surface area contributed by atoms with Gasteiger partial charge in [-0.3, -0.25) is 4.57 Å². The van der Waals surface area contributed by atoms with Crippen LogP contribution in [0.1, 0.15) is 24.0 Å². The molecule has 5 N–H and O–H groups in total. The van der Waals surface area contributed by atoms with Crippen molar-refractivity contribution in [2.75, 3.05) is 5.73 Å². The fourth-order valence-corrected chi connectivity index (χ4v) is 3.65. The van der Waals surface area contributed by atoms with Gasteiger partial charge in [0.2, 0.25) is 11.5 Å². The van der Waals surface area contributed by atoms with Crippen molar-refractivity contribution in [3.05, 3.63) is 41.8 Å². The molecule has 1 unspecified atom stereocenters. The van der Waals surface area contributed by atoms with Gasteiger partial charge in [0, 0.05) is 23.7 Å². The van der Waals surface area contributed by atoms with E-state index in [1.807, 2.05) is 12.1 Å². The van der Waals surface area contributed by atoms with E-state index in [0.29, 0.717) is 28.3 Å². The molecule has 0 saturated carbocycles. The third kappa shape index (κ3) is 2.51. The van der Waals surface area contributed by atoms with Gasteiger partial charge in [-0.15, -0.1) is 0 Å². The molecule has 9 nitrogen and oxygen atoms in total. The number of allylic oxidation sites excluding steroid dienone is 1. The van der Waals surface area contributed by atoms with Crippen LogP contribution < -0.4 is 5.73 Å². The molecule has 0 fully saturated rings. The molecule has 0 aliphatic heterocycles. The van der Waals surface area contributed by atoms with Crippen LogP contribution in [-0.2, 0) is 13.0 Å². The molecule has 9 heteroatoms. The summed E-state index contributed by atoms with van der Waals surface area (Å²) in [6.07, 6.45) is 7.89. The summed E-state index contributed by atoms with van der Waals surface area (Å²) in [4.78, 5) is 8.34. The van der Waals surface area contributed by atoms with Crippen molar-refractivity contribution in [1.29, 1.82) is 0 Å². The molecular formula is C20H18N4O5. The van der Waals surface area contributed by atoms with Crippen LogP contribution in [0.25, 0.3) is 34.3 Å². The highest BCUT2D eigenvalue weighted by molar-refractivity contribution is 6.00. The zero-order chi connectivity index (χ0) is 20.3. The molecule has 1 aliphatic carbocycles. The molecule has 4 aromatic heterocycles. The molecular weight excluding hydrogens is 376 g/mol. The molecule has 1 aliphatic rings. The van der Waals surface area contributed by atoms with Crippen LogP contribution in [0.3, 0.4) is 0 Å². The Morgan fingerprint density at radius 2 is 2.07 bits per heavy atom. The molecule has 4 aromatic rings. The Labute approximate surface area is 164 Å². The van der Waals surface area contributed by atoms with E-state index in [1.165, 1.54) is 10.9 Å². The Balaban J connectivity index is 1.76. The lowest BCUT2D eigenvalue weighted by molar-refractivity contribution is 0.239. The Hall–Kier alpha value is -3.72. The molecule has 0 radical (unpaired) electrons. The normalized spacial score (nSPS) is 15.9. The van der Waals surface area contributed by atoms with Gasteiger partial charge in [0.05, 0.1) is 5.39 Å². The number of anilines is 1. The zero-order valence-electron chi connectivity index (χ0n) is 15.5. The van der Waals surface area contributed by atoms with Crippen molar-refractivity contribution in [2.24, 2.45) is 5.92 Å². The fourth-order valence-electron chi connectivity index (χ4n) is 3.65. The van der Waals surface area contributed by atoms with Gasteiger partial charge in [-0.25, -0.2) is 9.97 Å². The smallest absolute Gasteiger partial charge is 0.252 e. The quantitative estimate of drug-likeness (QED) is 0.415. The highest BCUT2D eigenvalue weighted by Gasteiger charge is 2.26. The largest absolute Gasteiger partial charge is 0.502 e. The first-order valence-electron chi connectivity index (χ1n) is 9.05. The van der Waals surface area contributed by atoms with Crippen molar-refractivity contribution < 1.29 is 24.2 Å². The lowest BCUT2D eigenvalue weighted by atomic mass is 9.97. The maximum absolute atomic E-state index is 10.3. The van der Waals surface area contributed by atoms with E-state index in [2.05, 4.69) is 23.0 Å². The summed E-state index contributed by atoms with van der Waals surface area (Å²) in [6.45, 7) is 1.54. The van der Waals surface area contributed by atoms with E-state index in [-0.39, 0.29) is 17.5 Å². The van der Waals surface area contributed by atoms with Crippen LogP contribution in [0.15, 0.2) is 33.5 Å². The molecule has 0 bridgehead atoms. The van der Waals surface area contributed by atoms with Gasteiger partial charge in [-0.1, -0.05) is 19.1 Å². The van der Waals surface area contributed by atoms with Crippen LogP contribution in [0, 0.1) is 5.92 Å². The molecule has 0 aromatic carbocycles. The molecule has 29 heavy (non-hydrogen) atoms. The number of hydrogen-bond acceptors (Lipinski definition) is 8. The summed E-state index contributed by atoms with van der Waals surface area (Å²) in [7, 11) is 0. The van der Waals surface area contributed by atoms with Crippen molar-refractivity contribution in [3.8, 4) is 28.7 Å². The average Bonchev–Trinajstić information content (AvgIpc) is 3.37. The predicted molar refractivity (Wildman–Crippen MR) is 104 cm³/mol. The van der Waals surface area contributed by atoms with Gasteiger partial charge < -0.3 is 29.9 Å². The van der Waals surface area contributed by atoms with Crippen molar-refractivity contribution in [2.45, 2.75) is 20.0 Å². The maximum Gasteiger partial charge on any atom is 0.252 e. The summed E-state index contributed by atoms with van der Waals surface area (Å²) < 4.78 is 13.0. The topological polar surface area (TPSA) is 144 Å². The number of aliphatic hydroxyl groups is 1. The Kier molecular flexibility index (Phi) is 3.68. The molecule has 1 atom stereocenters. The first-order valence-corrected chi connectivity index (χ1v) is 9.05. The third-order valence-corrected chi connectivity index (χ3v) is 5.10. The molecule has 5 rings (SSSR count). The number of rotatable bonds is 3. The average molecular weight is 394 g/mol. The van der Waals surface area contributed by atoms with E-state index >= 15 is 0 Å². The molecule has 0 spiro atoms. The van der Waals surface area contributed by atoms with Crippen LogP contribution in [0.5, 0.6) is 11.5 Å². The van der Waals surface area contributed by atoms with E-state index < -0.39 is 18.1 Å². The lowest BCUT2D eigenvalue weighted by Crippen LogP contribution is -1.99. The summed E-state index contributed by atoms with van der Waals surface area (Å²) >= 11 is 0. The summed E-state index contributed by atoms with van der Waals surface area (Å²) in [5.41, 5.74) is 8.10. The molecule has 0 amide bonds. The summed E-state index contributed by atoms with van der Waals surface area (Å²) in [5.74, 6) is 0.798. The Bertz CT molecular complexity index is 1280. The summed E-state index contributed by atoms with van der Waals surface area (Å²) in [6, 6.07) is 1.92. The van der Waals surface area contributed by atoms with Gasteiger partial charge in [-0.05, 0) is 12.0 Å². The lowest BCUT2D eigenvalue weighted by Gasteiger charge is -2.09. The van der Waals surface area contributed by atoms with Gasteiger partial charge in [-0.2, -0.15) is 0 Å². The third-order valence-electron chi connectivity index (χ3n) is 5.10. The number of fused-ring (bicyclic) bond motifs is 2. The fraction of sp³-hybridized carbons (Fsp3) is 0.200. The van der Waals surface area contributed by atoms with Crippen LogP contribution in [0.2, 0.25) is 0 Å². The number of aromatic hydroxyl groups is 2. The number of nitrogens with zero attached hydrogens (tertiary/aromatic N) is 3. The molecule has 4 heterocycles. The first-order chi connectivity index (χ1) is 14.0. The maximum atomic E-state index is 10.3. The minimum Gasteiger partial charge on any atom is -0.502 e. The zero-order valence-corrected chi connectivity index (χ0v) is 15.5. The van der Waals surface area contributed by atoms with Crippen LogP contribution >= 0.6 is 0 Å². The Morgan fingerprint density at radius 3 is 2.83 bits per heavy atom. The Morgan fingerprint density at radius 1 is 1.24 bits per heavy atom. The minimum absolute atomic E-state index is 0.0919. The van der Waals surface area contributed by atoms with Gasteiger partial charge >= 0.3 is 0 Å². The summed E-state index contributed by atoms with van der Waals surface area (Å²) in [5, 5.41) is 30.1. The van der Waals surface area contributed by atoms with Crippen LogP contribution in [-0.4, -0.2) is 29.9 Å². The first kappa shape index (κ1) is 17.4. The SMILES string of the molecule is CC1C=Cc2cc(-c3cn(-c4oc(CO)c(O)c4O)c4ncnc(N)c34)oc2C1. The highest BCUT2D eigenvalue weighted by Crippen LogP contribution is 2.43. The number of aromatic nitrogens is 3. The number of nitrogens with two attached hydrogens (primary N) is 1. The predicted octanol–water partition coefficient (Wildman–Crippen LogP) is 2.96. The second kappa shape index (κ2) is 6.14. The van der Waals surface area contributed by atoms with Crippen molar-refractivity contribution in [1.82, 2.24) is 14.5 Å². The second-order valence-corrected chi connectivity index (χ2v) is 7.09. The number of furan rings is 2. The minimum atomic E-state index is -0.571. The van der Waals surface area contributed by atoms with E-state index in [1.54, 1.807) is 6.20 Å². The van der Waals surface area contributed by atoms with Gasteiger partial charge in [0.25, 0.3) is 5.88 Å². The van der Waals surface area contributed by atoms with E-state index in [0.717, 1.165) is 17.7 Å². The number of hydrogen-bond donors (Lipinski definition) is 4. The van der Waals surface area contributed by atoms with E-state index in [4.69, 9.17) is 14.6 Å². The monoisotopic (exact) mass is 394 g/mol. The highest BCUT2D eigenvalue weighted by atomic mass is 16.4. The van der Waals surface area contributed by atoms with Gasteiger partial charge in [0.15, 0.2) is 11.4 Å². The second-order valence-electron chi connectivity index (χ2n) is 7.09. The number of nitrogen functional groups attached to an aromatic ring is 1. The van der Waals surface area contributed by atoms with E-state index in [9.17, 15) is 15.3 Å². The van der Waals surface area contributed by atoms with Gasteiger partial charge in [0.1, 0.15) is 30.3 Å². The molecule has 148 valence electrons. The van der Waals surface area contributed by atoms with Crippen molar-refractivity contribution in [3.63, 3.8) is 0 Å². The molecule has 0 saturated heterocycles. The van der Waals surface area contributed by atoms with Crippen molar-refractivity contribution >= 4 is 22.9 Å². The number of aliphatic hydroxyl groups excluding tert-OH is 1.